The van der Waals surface area contributed by atoms with Crippen molar-refractivity contribution in [3.8, 4) is 0 Å². The van der Waals surface area contributed by atoms with E-state index in [2.05, 4.69) is 21.4 Å². The molecule has 2 aromatic rings. The van der Waals surface area contributed by atoms with Crippen LogP contribution in [0.1, 0.15) is 16.1 Å². The molecular weight excluding hydrogens is 194 g/mol. The molecule has 0 amide bonds. The zero-order valence-electron chi connectivity index (χ0n) is 8.17. The number of carbonyl (C=O) groups is 1. The van der Waals surface area contributed by atoms with E-state index in [1.54, 1.807) is 18.2 Å². The van der Waals surface area contributed by atoms with E-state index < -0.39 is 5.97 Å². The van der Waals surface area contributed by atoms with E-state index >= 15 is 0 Å². The highest BCUT2D eigenvalue weighted by molar-refractivity contribution is 5.89. The maximum Gasteiger partial charge on any atom is 0.356 e. The smallest absolute Gasteiger partial charge is 0.356 e. The highest BCUT2D eigenvalue weighted by atomic mass is 16.5. The molecule has 15 heavy (non-hydrogen) atoms. The molecule has 0 aliphatic rings. The molecule has 0 spiro atoms. The van der Waals surface area contributed by atoms with Crippen molar-refractivity contribution in [2.75, 3.05) is 7.11 Å². The first-order valence-electron chi connectivity index (χ1n) is 4.31. The molecule has 0 radical (unpaired) electrons. The first-order valence-corrected chi connectivity index (χ1v) is 4.31. The molecule has 2 aromatic heterocycles. The number of carbonyl (C=O) groups excluding carboxylic acids is 1. The van der Waals surface area contributed by atoms with Gasteiger partial charge in [0.1, 0.15) is 6.33 Å². The van der Waals surface area contributed by atoms with Gasteiger partial charge in [0, 0.05) is 0 Å². The van der Waals surface area contributed by atoms with Gasteiger partial charge in [0.25, 0.3) is 0 Å². The van der Waals surface area contributed by atoms with Gasteiger partial charge in [-0.05, 0) is 17.7 Å². The maximum atomic E-state index is 11.4. The Labute approximate surface area is 86.0 Å². The molecule has 0 fully saturated rings. The van der Waals surface area contributed by atoms with Crippen molar-refractivity contribution in [3.05, 3.63) is 36.3 Å². The highest BCUT2D eigenvalue weighted by Gasteiger charge is 2.12. The number of hydrogen-bond donors (Lipinski definition) is 0. The Balaban J connectivity index is 2.73. The van der Waals surface area contributed by atoms with Crippen LogP contribution in [0.4, 0.5) is 0 Å². The van der Waals surface area contributed by atoms with Gasteiger partial charge < -0.3 is 4.74 Å². The Bertz CT molecular complexity index is 530. The molecule has 0 saturated carbocycles. The maximum absolute atomic E-state index is 11.4. The first-order chi connectivity index (χ1) is 7.26. The average molecular weight is 203 g/mol. The van der Waals surface area contributed by atoms with Gasteiger partial charge >= 0.3 is 5.97 Å². The number of methoxy groups -OCH3 is 1. The monoisotopic (exact) mass is 203 g/mol. The topological polar surface area (TPSA) is 56.5 Å². The van der Waals surface area contributed by atoms with Crippen LogP contribution in [0.25, 0.3) is 11.7 Å². The molecule has 0 aliphatic heterocycles. The van der Waals surface area contributed by atoms with E-state index in [9.17, 15) is 4.79 Å². The predicted molar refractivity (Wildman–Crippen MR) is 54.4 cm³/mol. The molecule has 0 atom stereocenters. The molecular formula is C10H9N3O2. The summed E-state index contributed by atoms with van der Waals surface area (Å²) in [6, 6.07) is 3.44. The lowest BCUT2D eigenvalue weighted by Gasteiger charge is -2.03. The Hall–Kier alpha value is -2.17. The van der Waals surface area contributed by atoms with Gasteiger partial charge in [-0.15, -0.1) is 0 Å². The molecule has 5 nitrogen and oxygen atoms in total. The number of esters is 1. The Morgan fingerprint density at radius 2 is 2.40 bits per heavy atom. The van der Waals surface area contributed by atoms with E-state index in [4.69, 9.17) is 0 Å². The summed E-state index contributed by atoms with van der Waals surface area (Å²) in [5, 5.41) is 3.93. The van der Waals surface area contributed by atoms with Crippen LogP contribution in [0.15, 0.2) is 25.0 Å². The molecule has 0 N–H and O–H groups in total. The second-order valence-corrected chi connectivity index (χ2v) is 2.90. The lowest BCUT2D eigenvalue weighted by atomic mass is 10.2. The minimum Gasteiger partial charge on any atom is -0.464 e. The Kier molecular flexibility index (Phi) is 2.21. The summed E-state index contributed by atoms with van der Waals surface area (Å²) in [6.07, 6.45) is 3.02. The quantitative estimate of drug-likeness (QED) is 0.687. The molecule has 0 aliphatic carbocycles. The fourth-order valence-electron chi connectivity index (χ4n) is 1.31. The highest BCUT2D eigenvalue weighted by Crippen LogP contribution is 2.11. The van der Waals surface area contributed by atoms with Crippen LogP contribution in [0.5, 0.6) is 0 Å². The predicted octanol–water partition coefficient (Wildman–Crippen LogP) is 1.16. The molecule has 0 saturated heterocycles. The number of pyridine rings is 1. The van der Waals surface area contributed by atoms with Gasteiger partial charge in [-0.25, -0.2) is 14.3 Å². The van der Waals surface area contributed by atoms with Crippen LogP contribution in [-0.4, -0.2) is 27.7 Å². The van der Waals surface area contributed by atoms with Crippen LogP contribution >= 0.6 is 0 Å². The fourth-order valence-corrected chi connectivity index (χ4v) is 1.31. The molecule has 0 bridgehead atoms. The minimum absolute atomic E-state index is 0.336. The van der Waals surface area contributed by atoms with E-state index in [1.165, 1.54) is 18.0 Å². The number of hydrogen-bond acceptors (Lipinski definition) is 4. The third kappa shape index (κ3) is 1.48. The summed E-state index contributed by atoms with van der Waals surface area (Å²) >= 11 is 0. The van der Waals surface area contributed by atoms with Gasteiger partial charge in [-0.2, -0.15) is 5.10 Å². The van der Waals surface area contributed by atoms with Crippen molar-refractivity contribution in [1.82, 2.24) is 14.6 Å². The van der Waals surface area contributed by atoms with Crippen molar-refractivity contribution in [2.45, 2.75) is 0 Å². The third-order valence-corrected chi connectivity index (χ3v) is 2.03. The van der Waals surface area contributed by atoms with Crippen LogP contribution in [0.2, 0.25) is 0 Å². The lowest BCUT2D eigenvalue weighted by molar-refractivity contribution is 0.0591. The zero-order chi connectivity index (χ0) is 10.8. The molecule has 5 heteroatoms. The van der Waals surface area contributed by atoms with Crippen molar-refractivity contribution < 1.29 is 9.53 Å². The number of nitrogens with zero attached hydrogens (tertiary/aromatic N) is 3. The van der Waals surface area contributed by atoms with Crippen LogP contribution in [0.3, 0.4) is 0 Å². The van der Waals surface area contributed by atoms with Crippen molar-refractivity contribution in [2.24, 2.45) is 0 Å². The van der Waals surface area contributed by atoms with Crippen molar-refractivity contribution in [1.29, 1.82) is 0 Å². The Morgan fingerprint density at radius 3 is 3.07 bits per heavy atom. The average Bonchev–Trinajstić information content (AvgIpc) is 2.74. The number of aromatic nitrogens is 3. The largest absolute Gasteiger partial charge is 0.464 e. The van der Waals surface area contributed by atoms with E-state index in [0.717, 1.165) is 5.56 Å². The van der Waals surface area contributed by atoms with Gasteiger partial charge in [0.15, 0.2) is 11.3 Å². The van der Waals surface area contributed by atoms with Gasteiger partial charge in [0.2, 0.25) is 0 Å². The lowest BCUT2D eigenvalue weighted by Crippen LogP contribution is -2.09. The summed E-state index contributed by atoms with van der Waals surface area (Å²) in [4.78, 5) is 15.4. The summed E-state index contributed by atoms with van der Waals surface area (Å²) in [7, 11) is 1.33. The summed E-state index contributed by atoms with van der Waals surface area (Å²) in [6.45, 7) is 3.64. The van der Waals surface area contributed by atoms with Gasteiger partial charge in [0.05, 0.1) is 7.11 Å². The number of fused-ring (bicyclic) bond motifs is 1. The van der Waals surface area contributed by atoms with E-state index in [0.29, 0.717) is 11.3 Å². The summed E-state index contributed by atoms with van der Waals surface area (Å²) < 4.78 is 6.08. The second kappa shape index (κ2) is 3.53. The van der Waals surface area contributed by atoms with Crippen LogP contribution < -0.4 is 0 Å². The zero-order valence-corrected chi connectivity index (χ0v) is 8.17. The first kappa shape index (κ1) is 9.39. The third-order valence-electron chi connectivity index (χ3n) is 2.03. The normalized spacial score (nSPS) is 10.2. The molecule has 2 heterocycles. The number of ether oxygens (including phenoxy) is 1. The molecule has 76 valence electrons. The molecule has 0 unspecified atom stereocenters. The molecule has 2 rings (SSSR count). The van der Waals surface area contributed by atoms with Crippen LogP contribution in [-0.2, 0) is 4.74 Å². The number of rotatable bonds is 2. The minimum atomic E-state index is -0.450. The summed E-state index contributed by atoms with van der Waals surface area (Å²) in [5.74, 6) is -0.450. The van der Waals surface area contributed by atoms with E-state index in [1.807, 2.05) is 0 Å². The van der Waals surface area contributed by atoms with Crippen molar-refractivity contribution >= 4 is 17.7 Å². The fraction of sp³-hybridized carbons (Fsp3) is 0.100. The summed E-state index contributed by atoms with van der Waals surface area (Å²) in [5.41, 5.74) is 1.73. The van der Waals surface area contributed by atoms with Crippen molar-refractivity contribution in [3.63, 3.8) is 0 Å². The SMILES string of the molecule is C=Cc1cc(C(=O)OC)n2ncnc2c1. The van der Waals surface area contributed by atoms with Crippen LogP contribution in [0, 0.1) is 0 Å². The van der Waals surface area contributed by atoms with E-state index in [-0.39, 0.29) is 0 Å². The standard InChI is InChI=1S/C10H9N3O2/c1-3-7-4-8(10(14)15-2)13-9(5-7)11-6-12-13/h3-6H,1H2,2H3. The second-order valence-electron chi connectivity index (χ2n) is 2.90. The van der Waals surface area contributed by atoms with Gasteiger partial charge in [-0.3, -0.25) is 0 Å². The molecule has 0 aromatic carbocycles. The Morgan fingerprint density at radius 1 is 1.60 bits per heavy atom. The van der Waals surface area contributed by atoms with Gasteiger partial charge in [-0.1, -0.05) is 12.7 Å².